The van der Waals surface area contributed by atoms with Crippen molar-refractivity contribution in [2.24, 2.45) is 0 Å². The molecule has 140 valence electrons. The molecule has 0 bridgehead atoms. The average Bonchev–Trinajstić information content (AvgIpc) is 1.62. The van der Waals surface area contributed by atoms with Gasteiger partial charge in [0.15, 0.2) is 0 Å². The van der Waals surface area contributed by atoms with E-state index in [2.05, 4.69) is 0 Å². The second-order valence-corrected chi connectivity index (χ2v) is 6.16. The summed E-state index contributed by atoms with van der Waals surface area (Å²) in [7, 11) is -18.6. The van der Waals surface area contributed by atoms with E-state index in [0.29, 0.717) is 0 Å². The van der Waals surface area contributed by atoms with Gasteiger partial charge in [0.05, 0.1) is 0 Å². The first-order chi connectivity index (χ1) is 8.00. The molecule has 0 rings (SSSR count). The molecule has 0 unspecified atom stereocenters. The third-order valence-corrected chi connectivity index (χ3v) is 0. The van der Waals surface area contributed by atoms with Gasteiger partial charge in [0.25, 0.3) is 0 Å². The molecule has 0 radical (unpaired) electrons. The Labute approximate surface area is 172 Å². The van der Waals surface area contributed by atoms with E-state index in [1.807, 2.05) is 0 Å². The Bertz CT molecular complexity index is 292. The van der Waals surface area contributed by atoms with Crippen molar-refractivity contribution in [3.8, 4) is 0 Å². The van der Waals surface area contributed by atoms with Gasteiger partial charge in [-0.1, -0.05) is 0 Å². The van der Waals surface area contributed by atoms with Crippen LogP contribution < -0.4 is 0 Å². The minimum absolute atomic E-state index is 0. The molecule has 0 saturated heterocycles. The van der Waals surface area contributed by atoms with E-state index in [-0.39, 0.29) is 65.2 Å². The van der Waals surface area contributed by atoms with Gasteiger partial charge in [-0.2, -0.15) is 0 Å². The van der Waals surface area contributed by atoms with Crippen molar-refractivity contribution < 1.29 is 142 Å². The molecular formula is H12O16P4Ti3. The number of hydrogen-bond acceptors (Lipinski definition) is 4. The van der Waals surface area contributed by atoms with E-state index in [1.165, 1.54) is 0 Å². The zero-order valence-electron chi connectivity index (χ0n) is 10.3. The van der Waals surface area contributed by atoms with Gasteiger partial charge in [0, 0.05) is 65.2 Å². The third kappa shape index (κ3) is 1880. The van der Waals surface area contributed by atoms with E-state index < -0.39 is 31.3 Å². The summed E-state index contributed by atoms with van der Waals surface area (Å²) in [4.78, 5) is 86.2. The van der Waals surface area contributed by atoms with Crippen LogP contribution in [0, 0.1) is 0 Å². The third-order valence-electron chi connectivity index (χ3n) is 0. The maximum Gasteiger partial charge on any atom is 0.466 e. The van der Waals surface area contributed by atoms with Crippen molar-refractivity contribution >= 4 is 31.3 Å². The number of phosphoric acid groups is 4. The normalized spacial score (nSPS) is 10.3. The summed E-state index contributed by atoms with van der Waals surface area (Å²) >= 11 is 0. The van der Waals surface area contributed by atoms with Crippen LogP contribution in [0.4, 0.5) is 0 Å². The molecule has 0 heterocycles. The number of hydrogen-bond donors (Lipinski definition) is 12. The SMILES string of the molecule is O=P(O)(O)O.O=P(O)(O)O.O=P(O)(O)O.O=P(O)(O)O.[Ti].[Ti].[Ti]. The van der Waals surface area contributed by atoms with E-state index in [9.17, 15) is 0 Å². The molecule has 0 fully saturated rings. The van der Waals surface area contributed by atoms with E-state index >= 15 is 0 Å². The first-order valence-electron chi connectivity index (χ1n) is 3.13. The van der Waals surface area contributed by atoms with Gasteiger partial charge in [-0.25, -0.2) is 18.3 Å². The fourth-order valence-corrected chi connectivity index (χ4v) is 0. The molecule has 23 heavy (non-hydrogen) atoms. The van der Waals surface area contributed by atoms with Crippen molar-refractivity contribution in [2.45, 2.75) is 0 Å². The van der Waals surface area contributed by atoms with Crippen LogP contribution in [-0.2, 0) is 83.4 Å². The summed E-state index contributed by atoms with van der Waals surface area (Å²) in [6.07, 6.45) is 0. The Morgan fingerprint density at radius 2 is 0.304 bits per heavy atom. The largest absolute Gasteiger partial charge is 0.466 e. The zero-order valence-corrected chi connectivity index (χ0v) is 18.6. The topological polar surface area (TPSA) is 311 Å². The summed E-state index contributed by atoms with van der Waals surface area (Å²) in [5.41, 5.74) is 0. The standard InChI is InChI=1S/4H3O4P.3Ti/c4*1-5(2,3)4;;;/h4*(H3,1,2,3,4);;;. The summed E-state index contributed by atoms with van der Waals surface area (Å²) in [5, 5.41) is 0. The van der Waals surface area contributed by atoms with Crippen LogP contribution in [0.5, 0.6) is 0 Å². The van der Waals surface area contributed by atoms with Crippen LogP contribution in [0.25, 0.3) is 0 Å². The maximum absolute atomic E-state index is 8.88. The Kier molecular flexibility index (Phi) is 37.7. The van der Waals surface area contributed by atoms with Crippen LogP contribution in [0.1, 0.15) is 0 Å². The summed E-state index contributed by atoms with van der Waals surface area (Å²) in [6, 6.07) is 0. The molecule has 12 N–H and O–H groups in total. The minimum atomic E-state index is -4.64. The molecule has 0 aliphatic rings. The molecule has 0 spiro atoms. The Hall–Kier alpha value is 2.58. The predicted octanol–water partition coefficient (Wildman–Crippen LogP) is -3.72. The van der Waals surface area contributed by atoms with Crippen molar-refractivity contribution in [3.05, 3.63) is 0 Å². The Morgan fingerprint density at radius 1 is 0.304 bits per heavy atom. The van der Waals surface area contributed by atoms with Crippen molar-refractivity contribution in [1.82, 2.24) is 0 Å². The smallest absolute Gasteiger partial charge is 0.303 e. The number of rotatable bonds is 0. The first kappa shape index (κ1) is 44.8. The van der Waals surface area contributed by atoms with Crippen molar-refractivity contribution in [1.29, 1.82) is 0 Å². The van der Waals surface area contributed by atoms with Gasteiger partial charge >= 0.3 is 31.3 Å². The molecule has 0 amide bonds. The molecule has 16 nitrogen and oxygen atoms in total. The molecule has 0 aromatic heterocycles. The first-order valence-corrected chi connectivity index (χ1v) is 9.39. The zero-order chi connectivity index (χ0) is 18.0. The molecular weight excluding hydrogens is 523 g/mol. The average molecular weight is 536 g/mol. The van der Waals surface area contributed by atoms with Crippen LogP contribution in [0.2, 0.25) is 0 Å². The molecule has 0 saturated carbocycles. The van der Waals surface area contributed by atoms with E-state index in [1.54, 1.807) is 0 Å². The van der Waals surface area contributed by atoms with Gasteiger partial charge in [0.2, 0.25) is 0 Å². The molecule has 0 aliphatic heterocycles. The molecule has 0 aromatic rings. The van der Waals surface area contributed by atoms with Crippen molar-refractivity contribution in [2.75, 3.05) is 0 Å². The Balaban J connectivity index is -0.0000000284. The second kappa shape index (κ2) is 19.3. The van der Waals surface area contributed by atoms with Crippen LogP contribution >= 0.6 is 31.3 Å². The van der Waals surface area contributed by atoms with Crippen molar-refractivity contribution in [3.63, 3.8) is 0 Å². The van der Waals surface area contributed by atoms with E-state index in [0.717, 1.165) is 0 Å². The minimum Gasteiger partial charge on any atom is -0.303 e. The summed E-state index contributed by atoms with van der Waals surface area (Å²) in [6.45, 7) is 0. The Morgan fingerprint density at radius 3 is 0.304 bits per heavy atom. The summed E-state index contributed by atoms with van der Waals surface area (Å²) in [5.74, 6) is 0. The van der Waals surface area contributed by atoms with Crippen LogP contribution in [0.3, 0.4) is 0 Å². The monoisotopic (exact) mass is 536 g/mol. The van der Waals surface area contributed by atoms with Crippen LogP contribution in [-0.4, -0.2) is 58.7 Å². The molecule has 23 heteroatoms. The van der Waals surface area contributed by atoms with Gasteiger partial charge < -0.3 is 58.7 Å². The summed E-state index contributed by atoms with van der Waals surface area (Å²) < 4.78 is 35.5. The second-order valence-electron chi connectivity index (χ2n) is 2.05. The van der Waals surface area contributed by atoms with Gasteiger partial charge in [0.1, 0.15) is 0 Å². The quantitative estimate of drug-likeness (QED) is 0.105. The van der Waals surface area contributed by atoms with Gasteiger partial charge in [-0.05, 0) is 0 Å². The maximum atomic E-state index is 8.88. The van der Waals surface area contributed by atoms with Crippen LogP contribution in [0.15, 0.2) is 0 Å². The molecule has 0 aromatic carbocycles. The fraction of sp³-hybridized carbons (Fsp3) is 0. The van der Waals surface area contributed by atoms with Gasteiger partial charge in [-0.15, -0.1) is 0 Å². The molecule has 0 atom stereocenters. The van der Waals surface area contributed by atoms with Gasteiger partial charge in [-0.3, -0.25) is 0 Å². The molecule has 0 aliphatic carbocycles. The van der Waals surface area contributed by atoms with E-state index in [4.69, 9.17) is 77.0 Å². The predicted molar refractivity (Wildman–Crippen MR) is 57.1 cm³/mol. The fourth-order valence-electron chi connectivity index (χ4n) is 0.